The molecule has 1 aliphatic heterocycles. The van der Waals surface area contributed by atoms with Gasteiger partial charge in [0, 0.05) is 12.8 Å². The molecular weight excluding hydrogens is 361 g/mol. The third-order valence-electron chi connectivity index (χ3n) is 5.39. The van der Waals surface area contributed by atoms with Crippen LogP contribution in [-0.2, 0) is 0 Å². The van der Waals surface area contributed by atoms with E-state index in [4.69, 9.17) is 5.73 Å². The lowest BCUT2D eigenvalue weighted by Crippen LogP contribution is -2.64. The Balaban J connectivity index is 3.08. The van der Waals surface area contributed by atoms with Crippen molar-refractivity contribution in [2.75, 3.05) is 27.2 Å². The van der Waals surface area contributed by atoms with E-state index >= 15 is 0 Å². The van der Waals surface area contributed by atoms with Gasteiger partial charge >= 0.3 is 0 Å². The monoisotopic (exact) mass is 396 g/mol. The number of hydrogen-bond acceptors (Lipinski definition) is 2. The first-order valence-electron chi connectivity index (χ1n) is 8.21. The molecule has 2 N–H and O–H groups in total. The maximum absolute atomic E-state index is 6.01. The van der Waals surface area contributed by atoms with E-state index < -0.39 is 0 Å². The molecule has 5 unspecified atom stereocenters. The van der Waals surface area contributed by atoms with Crippen LogP contribution in [0, 0.1) is 11.8 Å². The highest BCUT2D eigenvalue weighted by Gasteiger charge is 2.48. The number of halogens is 1. The van der Waals surface area contributed by atoms with E-state index in [1.165, 1.54) is 28.5 Å². The summed E-state index contributed by atoms with van der Waals surface area (Å²) in [6.07, 6.45) is 4.05. The average molecular weight is 396 g/mol. The van der Waals surface area contributed by atoms with Crippen molar-refractivity contribution in [3.63, 3.8) is 0 Å². The highest BCUT2D eigenvalue weighted by molar-refractivity contribution is 14.1. The Morgan fingerprint density at radius 2 is 1.90 bits per heavy atom. The van der Waals surface area contributed by atoms with E-state index in [1.807, 2.05) is 0 Å². The van der Waals surface area contributed by atoms with E-state index in [9.17, 15) is 0 Å². The first-order chi connectivity index (χ1) is 9.27. The summed E-state index contributed by atoms with van der Waals surface area (Å²) in [5.41, 5.74) is 6.01. The Kier molecular flexibility index (Phi) is 7.23. The second kappa shape index (κ2) is 7.75. The second-order valence-electron chi connectivity index (χ2n) is 7.18. The van der Waals surface area contributed by atoms with E-state index in [1.54, 1.807) is 0 Å². The summed E-state index contributed by atoms with van der Waals surface area (Å²) in [6, 6.07) is 1.95. The third kappa shape index (κ3) is 3.87. The van der Waals surface area contributed by atoms with Crippen molar-refractivity contribution in [3.8, 4) is 0 Å². The fourth-order valence-corrected chi connectivity index (χ4v) is 4.79. The van der Waals surface area contributed by atoms with Crippen molar-refractivity contribution in [2.24, 2.45) is 17.6 Å². The normalized spacial score (nSPS) is 34.5. The van der Waals surface area contributed by atoms with Gasteiger partial charge in [0.2, 0.25) is 22.9 Å². The summed E-state index contributed by atoms with van der Waals surface area (Å²) < 4.78 is 1.18. The molecule has 1 fully saturated rings. The Bertz CT molecular complexity index is 295. The van der Waals surface area contributed by atoms with Crippen LogP contribution in [0.25, 0.3) is 0 Å². The molecule has 1 aliphatic rings. The Labute approximate surface area is 140 Å². The highest BCUT2D eigenvalue weighted by atomic mass is 127. The predicted octanol–water partition coefficient (Wildman–Crippen LogP) is 3.28. The lowest BCUT2D eigenvalue weighted by Gasteiger charge is -2.52. The summed E-state index contributed by atoms with van der Waals surface area (Å²) in [5, 5.41) is 0. The molecule has 4 heteroatoms. The van der Waals surface area contributed by atoms with E-state index in [0.717, 1.165) is 12.5 Å². The summed E-state index contributed by atoms with van der Waals surface area (Å²) in [7, 11) is 4.46. The number of quaternary nitrogens is 1. The number of rotatable bonds is 6. The molecule has 0 bridgehead atoms. The van der Waals surface area contributed by atoms with Crippen molar-refractivity contribution in [3.05, 3.63) is 0 Å². The molecule has 3 nitrogen and oxygen atoms in total. The minimum absolute atomic E-state index is 0.552. The van der Waals surface area contributed by atoms with Crippen LogP contribution in [0.3, 0.4) is 0 Å². The van der Waals surface area contributed by atoms with Crippen LogP contribution in [0.1, 0.15) is 47.0 Å². The van der Waals surface area contributed by atoms with Crippen molar-refractivity contribution in [1.29, 1.82) is 0 Å². The van der Waals surface area contributed by atoms with Crippen LogP contribution in [0.5, 0.6) is 0 Å². The fraction of sp³-hybridized carbons (Fsp3) is 1.00. The zero-order chi connectivity index (χ0) is 15.5. The van der Waals surface area contributed by atoms with Crippen LogP contribution >= 0.6 is 22.9 Å². The minimum Gasteiger partial charge on any atom is -0.330 e. The maximum Gasteiger partial charge on any atom is 0.249 e. The number of nitrogens with zero attached hydrogens (tertiary/aromatic N) is 2. The fourth-order valence-electron chi connectivity index (χ4n) is 3.96. The van der Waals surface area contributed by atoms with Crippen LogP contribution in [0.4, 0.5) is 0 Å². The topological polar surface area (TPSA) is 29.3 Å². The van der Waals surface area contributed by atoms with Crippen LogP contribution in [0.15, 0.2) is 0 Å². The molecule has 0 radical (unpaired) electrons. The standard InChI is InChI=1S/C16H35IN3/c1-7-14-8-9-20(17,12(2)3)15(10-14)16(19(5)6)13(4)11-18/h12-16H,7-11,18H2,1-6H3/q+1. The summed E-state index contributed by atoms with van der Waals surface area (Å²) in [4.78, 5) is 2.42. The van der Waals surface area contributed by atoms with E-state index in [2.05, 4.69) is 69.6 Å². The molecular formula is C16H35IN3+. The van der Waals surface area contributed by atoms with E-state index in [-0.39, 0.29) is 0 Å². The van der Waals surface area contributed by atoms with Crippen LogP contribution < -0.4 is 5.73 Å². The minimum atomic E-state index is 0.552. The van der Waals surface area contributed by atoms with E-state index in [0.29, 0.717) is 24.0 Å². The predicted molar refractivity (Wildman–Crippen MR) is 96.8 cm³/mol. The molecule has 1 heterocycles. The molecule has 1 saturated heterocycles. The van der Waals surface area contributed by atoms with Crippen molar-refractivity contribution in [1.82, 2.24) is 4.90 Å². The SMILES string of the molecule is CCC1CC[N+](I)(C(C)C)C(C(C(C)CN)N(C)C)C1. The number of piperidine rings is 1. The van der Waals surface area contributed by atoms with Gasteiger partial charge in [0.25, 0.3) is 0 Å². The van der Waals surface area contributed by atoms with Gasteiger partial charge in [-0.15, -0.1) is 0 Å². The first kappa shape index (κ1) is 18.7. The average Bonchev–Trinajstić information content (AvgIpc) is 2.40. The Morgan fingerprint density at radius 3 is 2.30 bits per heavy atom. The summed E-state index contributed by atoms with van der Waals surface area (Å²) >= 11 is 2.74. The van der Waals surface area contributed by atoms with Gasteiger partial charge in [-0.3, -0.25) is 2.70 Å². The molecule has 0 spiro atoms. The van der Waals surface area contributed by atoms with Crippen LogP contribution in [0.2, 0.25) is 0 Å². The number of nitrogens with two attached hydrogens (primary N) is 1. The van der Waals surface area contributed by atoms with Gasteiger partial charge in [-0.1, -0.05) is 20.3 Å². The van der Waals surface area contributed by atoms with Crippen molar-refractivity contribution >= 4 is 22.9 Å². The molecule has 0 aliphatic carbocycles. The highest BCUT2D eigenvalue weighted by Crippen LogP contribution is 2.41. The summed E-state index contributed by atoms with van der Waals surface area (Å²) in [5.74, 6) is 1.45. The molecule has 1 rings (SSSR count). The van der Waals surface area contributed by atoms with Gasteiger partial charge in [-0.05, 0) is 46.3 Å². The lowest BCUT2D eigenvalue weighted by molar-refractivity contribution is -0.816. The molecule has 5 atom stereocenters. The van der Waals surface area contributed by atoms with Gasteiger partial charge < -0.3 is 10.6 Å². The third-order valence-corrected chi connectivity index (χ3v) is 7.70. The molecule has 120 valence electrons. The zero-order valence-electron chi connectivity index (χ0n) is 14.3. The maximum atomic E-state index is 6.01. The van der Waals surface area contributed by atoms with Gasteiger partial charge in [0.1, 0.15) is 6.04 Å². The molecule has 0 saturated carbocycles. The van der Waals surface area contributed by atoms with Gasteiger partial charge in [-0.25, -0.2) is 0 Å². The smallest absolute Gasteiger partial charge is 0.249 e. The molecule has 0 aromatic rings. The lowest BCUT2D eigenvalue weighted by atomic mass is 9.80. The van der Waals surface area contributed by atoms with Crippen molar-refractivity contribution < 1.29 is 2.70 Å². The molecule has 0 amide bonds. The number of likely N-dealkylation sites (tertiary alicyclic amines) is 1. The quantitative estimate of drug-likeness (QED) is 0.552. The number of hydrogen-bond donors (Lipinski definition) is 1. The van der Waals surface area contributed by atoms with Crippen molar-refractivity contribution in [2.45, 2.75) is 65.1 Å². The molecule has 0 aromatic heterocycles. The van der Waals surface area contributed by atoms with Gasteiger partial charge in [-0.2, -0.15) is 0 Å². The second-order valence-corrected chi connectivity index (χ2v) is 8.98. The van der Waals surface area contributed by atoms with Gasteiger partial charge in [0.05, 0.1) is 18.6 Å². The van der Waals surface area contributed by atoms with Crippen LogP contribution in [-0.4, -0.2) is 52.9 Å². The zero-order valence-corrected chi connectivity index (χ0v) is 16.4. The Morgan fingerprint density at radius 1 is 1.30 bits per heavy atom. The summed E-state index contributed by atoms with van der Waals surface area (Å²) in [6.45, 7) is 11.5. The molecule has 20 heavy (non-hydrogen) atoms. The molecule has 0 aromatic carbocycles. The Hall–Kier alpha value is 0.610. The number of likely N-dealkylation sites (N-methyl/N-ethyl adjacent to an activating group) is 1. The largest absolute Gasteiger partial charge is 0.330 e. The van der Waals surface area contributed by atoms with Gasteiger partial charge in [0.15, 0.2) is 0 Å². The first-order valence-corrected chi connectivity index (χ1v) is 9.17.